The molecule has 0 saturated heterocycles. The van der Waals surface area contributed by atoms with E-state index in [1.54, 1.807) is 6.20 Å². The van der Waals surface area contributed by atoms with Crippen molar-refractivity contribution in [3.05, 3.63) is 43.0 Å². The van der Waals surface area contributed by atoms with Gasteiger partial charge in [0.25, 0.3) is 0 Å². The molecular formula is C15H21N3. The van der Waals surface area contributed by atoms with Crippen molar-refractivity contribution in [2.75, 3.05) is 5.32 Å². The highest BCUT2D eigenvalue weighted by molar-refractivity contribution is 5.51. The molecule has 1 aromatic heterocycles. The number of benzene rings is 1. The van der Waals surface area contributed by atoms with Crippen LogP contribution in [-0.2, 0) is 0 Å². The van der Waals surface area contributed by atoms with E-state index in [1.165, 1.54) is 6.42 Å². The monoisotopic (exact) mass is 243 g/mol. The second-order valence-corrected chi connectivity index (χ2v) is 4.84. The predicted octanol–water partition coefficient (Wildman–Crippen LogP) is 3.72. The van der Waals surface area contributed by atoms with Crippen molar-refractivity contribution in [2.24, 2.45) is 5.92 Å². The van der Waals surface area contributed by atoms with Crippen molar-refractivity contribution in [3.8, 4) is 5.69 Å². The van der Waals surface area contributed by atoms with E-state index in [2.05, 4.69) is 55.3 Å². The summed E-state index contributed by atoms with van der Waals surface area (Å²) < 4.78 is 2.01. The number of aromatic nitrogens is 2. The SMILES string of the molecule is CCC(C)C(C)Nc1cccc(-n2ccnc2)c1. The lowest BCUT2D eigenvalue weighted by Crippen LogP contribution is -2.23. The van der Waals surface area contributed by atoms with E-state index in [0.29, 0.717) is 12.0 Å². The molecule has 1 aromatic carbocycles. The Bertz CT molecular complexity index is 476. The minimum atomic E-state index is 0.480. The van der Waals surface area contributed by atoms with Gasteiger partial charge in [0.2, 0.25) is 0 Å². The van der Waals surface area contributed by atoms with Crippen LogP contribution in [0, 0.1) is 5.92 Å². The highest BCUT2D eigenvalue weighted by Crippen LogP contribution is 2.18. The van der Waals surface area contributed by atoms with Gasteiger partial charge in [-0.15, -0.1) is 0 Å². The summed E-state index contributed by atoms with van der Waals surface area (Å²) in [7, 11) is 0. The zero-order valence-corrected chi connectivity index (χ0v) is 11.3. The van der Waals surface area contributed by atoms with Gasteiger partial charge in [-0.3, -0.25) is 0 Å². The molecule has 2 rings (SSSR count). The maximum absolute atomic E-state index is 4.07. The number of anilines is 1. The number of rotatable bonds is 5. The summed E-state index contributed by atoms with van der Waals surface area (Å²) >= 11 is 0. The van der Waals surface area contributed by atoms with Crippen molar-refractivity contribution in [3.63, 3.8) is 0 Å². The van der Waals surface area contributed by atoms with Crippen LogP contribution in [0.25, 0.3) is 5.69 Å². The highest BCUT2D eigenvalue weighted by Gasteiger charge is 2.09. The molecule has 0 fully saturated rings. The van der Waals surface area contributed by atoms with Gasteiger partial charge in [-0.05, 0) is 31.0 Å². The van der Waals surface area contributed by atoms with Crippen molar-refractivity contribution >= 4 is 5.69 Å². The van der Waals surface area contributed by atoms with Crippen molar-refractivity contribution in [2.45, 2.75) is 33.2 Å². The maximum atomic E-state index is 4.07. The molecule has 2 unspecified atom stereocenters. The predicted molar refractivity (Wildman–Crippen MR) is 76.1 cm³/mol. The van der Waals surface area contributed by atoms with E-state index >= 15 is 0 Å². The maximum Gasteiger partial charge on any atom is 0.0991 e. The first-order valence-electron chi connectivity index (χ1n) is 6.55. The van der Waals surface area contributed by atoms with E-state index in [9.17, 15) is 0 Å². The topological polar surface area (TPSA) is 29.9 Å². The van der Waals surface area contributed by atoms with Gasteiger partial charge in [-0.25, -0.2) is 4.98 Å². The number of hydrogen-bond acceptors (Lipinski definition) is 2. The third-order valence-electron chi connectivity index (χ3n) is 3.54. The Kier molecular flexibility index (Phi) is 4.03. The molecule has 0 amide bonds. The van der Waals surface area contributed by atoms with Crippen LogP contribution in [0.5, 0.6) is 0 Å². The van der Waals surface area contributed by atoms with Crippen LogP contribution >= 0.6 is 0 Å². The summed E-state index contributed by atoms with van der Waals surface area (Å²) in [5, 5.41) is 3.56. The Hall–Kier alpha value is -1.77. The van der Waals surface area contributed by atoms with Gasteiger partial charge >= 0.3 is 0 Å². The smallest absolute Gasteiger partial charge is 0.0991 e. The number of nitrogens with zero attached hydrogens (tertiary/aromatic N) is 2. The fraction of sp³-hybridized carbons (Fsp3) is 0.400. The molecule has 2 atom stereocenters. The van der Waals surface area contributed by atoms with Crippen LogP contribution in [0.2, 0.25) is 0 Å². The normalized spacial score (nSPS) is 14.2. The zero-order chi connectivity index (χ0) is 13.0. The van der Waals surface area contributed by atoms with Gasteiger partial charge in [0.1, 0.15) is 0 Å². The molecule has 3 nitrogen and oxygen atoms in total. The molecule has 0 spiro atoms. The summed E-state index contributed by atoms with van der Waals surface area (Å²) in [6.45, 7) is 6.74. The fourth-order valence-corrected chi connectivity index (χ4v) is 1.93. The molecule has 18 heavy (non-hydrogen) atoms. The average molecular weight is 243 g/mol. The quantitative estimate of drug-likeness (QED) is 0.867. The molecule has 0 saturated carbocycles. The Balaban J connectivity index is 2.13. The molecule has 3 heteroatoms. The molecular weight excluding hydrogens is 222 g/mol. The zero-order valence-electron chi connectivity index (χ0n) is 11.3. The molecule has 0 aliphatic carbocycles. The minimum Gasteiger partial charge on any atom is -0.382 e. The van der Waals surface area contributed by atoms with Crippen LogP contribution in [-0.4, -0.2) is 15.6 Å². The van der Waals surface area contributed by atoms with Gasteiger partial charge in [0.15, 0.2) is 0 Å². The molecule has 0 aliphatic rings. The summed E-state index contributed by atoms with van der Waals surface area (Å²) in [6.07, 6.45) is 6.76. The Labute approximate surface area is 109 Å². The molecule has 0 radical (unpaired) electrons. The van der Waals surface area contributed by atoms with Crippen LogP contribution in [0.4, 0.5) is 5.69 Å². The lowest BCUT2D eigenvalue weighted by Gasteiger charge is -2.21. The first-order valence-corrected chi connectivity index (χ1v) is 6.55. The number of imidazole rings is 1. The Morgan fingerprint density at radius 2 is 2.17 bits per heavy atom. The van der Waals surface area contributed by atoms with Crippen LogP contribution in [0.1, 0.15) is 27.2 Å². The summed E-state index contributed by atoms with van der Waals surface area (Å²) in [5.41, 5.74) is 2.29. The second-order valence-electron chi connectivity index (χ2n) is 4.84. The molecule has 1 N–H and O–H groups in total. The van der Waals surface area contributed by atoms with Crippen molar-refractivity contribution < 1.29 is 0 Å². The molecule has 0 bridgehead atoms. The van der Waals surface area contributed by atoms with Crippen molar-refractivity contribution in [1.82, 2.24) is 9.55 Å². The van der Waals surface area contributed by atoms with Gasteiger partial charge in [-0.1, -0.05) is 26.3 Å². The van der Waals surface area contributed by atoms with E-state index < -0.39 is 0 Å². The first kappa shape index (κ1) is 12.7. The fourth-order valence-electron chi connectivity index (χ4n) is 1.93. The van der Waals surface area contributed by atoms with Gasteiger partial charge < -0.3 is 9.88 Å². The molecule has 96 valence electrons. The van der Waals surface area contributed by atoms with Gasteiger partial charge in [-0.2, -0.15) is 0 Å². The molecule has 1 heterocycles. The number of hydrogen-bond donors (Lipinski definition) is 1. The van der Waals surface area contributed by atoms with Crippen molar-refractivity contribution in [1.29, 1.82) is 0 Å². The standard InChI is InChI=1S/C15H21N3/c1-4-12(2)13(3)17-14-6-5-7-15(10-14)18-9-8-16-11-18/h5-13,17H,4H2,1-3H3. The minimum absolute atomic E-state index is 0.480. The average Bonchev–Trinajstić information content (AvgIpc) is 2.92. The van der Waals surface area contributed by atoms with Gasteiger partial charge in [0.05, 0.1) is 6.33 Å². The highest BCUT2D eigenvalue weighted by atomic mass is 15.0. The first-order chi connectivity index (χ1) is 8.70. The summed E-state index contributed by atoms with van der Waals surface area (Å²) in [6, 6.07) is 8.90. The lowest BCUT2D eigenvalue weighted by atomic mass is 10.0. The van der Waals surface area contributed by atoms with Gasteiger partial charge in [0, 0.05) is 29.8 Å². The Morgan fingerprint density at radius 1 is 1.33 bits per heavy atom. The third kappa shape index (κ3) is 2.92. The van der Waals surface area contributed by atoms with E-state index in [0.717, 1.165) is 11.4 Å². The van der Waals surface area contributed by atoms with E-state index in [-0.39, 0.29) is 0 Å². The van der Waals surface area contributed by atoms with Crippen LogP contribution in [0.15, 0.2) is 43.0 Å². The molecule has 0 aliphatic heterocycles. The van der Waals surface area contributed by atoms with E-state index in [4.69, 9.17) is 0 Å². The summed E-state index contributed by atoms with van der Waals surface area (Å²) in [5.74, 6) is 0.668. The van der Waals surface area contributed by atoms with E-state index in [1.807, 2.05) is 17.1 Å². The second kappa shape index (κ2) is 5.71. The third-order valence-corrected chi connectivity index (χ3v) is 3.54. The lowest BCUT2D eigenvalue weighted by molar-refractivity contribution is 0.494. The largest absolute Gasteiger partial charge is 0.382 e. The number of nitrogens with one attached hydrogen (secondary N) is 1. The summed E-state index contributed by atoms with van der Waals surface area (Å²) in [4.78, 5) is 4.07. The Morgan fingerprint density at radius 3 is 2.83 bits per heavy atom. The molecule has 2 aromatic rings. The van der Waals surface area contributed by atoms with Crippen LogP contribution < -0.4 is 5.32 Å². The van der Waals surface area contributed by atoms with Crippen LogP contribution in [0.3, 0.4) is 0 Å².